The predicted molar refractivity (Wildman–Crippen MR) is 44.0 cm³/mol. The number of esters is 1. The fourth-order valence-electron chi connectivity index (χ4n) is 0.600. The molecule has 4 heteroatoms. The van der Waals surface area contributed by atoms with E-state index in [-0.39, 0.29) is 5.57 Å². The normalized spacial score (nSPS) is 11.2. The molecule has 4 nitrogen and oxygen atoms in total. The van der Waals surface area contributed by atoms with Crippen LogP contribution in [-0.4, -0.2) is 32.1 Å². The molecule has 66 valence electrons. The van der Waals surface area contributed by atoms with Gasteiger partial charge in [0.2, 0.25) is 0 Å². The van der Waals surface area contributed by atoms with E-state index in [0.717, 1.165) is 0 Å². The maximum atomic E-state index is 11.0. The smallest absolute Gasteiger partial charge is 0.350 e. The number of ether oxygens (including phenoxy) is 1. The van der Waals surface area contributed by atoms with Crippen LogP contribution in [0.1, 0.15) is 6.92 Å². The van der Waals surface area contributed by atoms with Crippen LogP contribution in [0.3, 0.4) is 0 Å². The first-order valence-corrected chi connectivity index (χ1v) is 3.41. The number of hydrogen-bond acceptors (Lipinski definition) is 4. The summed E-state index contributed by atoms with van der Waals surface area (Å²) >= 11 is 0. The van der Waals surface area contributed by atoms with Crippen LogP contribution in [0.2, 0.25) is 0 Å². The molecule has 0 aromatic heterocycles. The first kappa shape index (κ1) is 10.5. The Kier molecular flexibility index (Phi) is 3.84. The van der Waals surface area contributed by atoms with Crippen LogP contribution < -0.4 is 0 Å². The van der Waals surface area contributed by atoms with E-state index >= 15 is 0 Å². The third kappa shape index (κ3) is 2.27. The van der Waals surface area contributed by atoms with Crippen LogP contribution in [0.4, 0.5) is 0 Å². The minimum absolute atomic E-state index is 0.0440. The third-order valence-corrected chi connectivity index (χ3v) is 1.53. The van der Waals surface area contributed by atoms with Crippen molar-refractivity contribution >= 4 is 5.97 Å². The van der Waals surface area contributed by atoms with Crippen LogP contribution >= 0.6 is 0 Å². The fraction of sp³-hybridized carbons (Fsp3) is 0.500. The van der Waals surface area contributed by atoms with Crippen molar-refractivity contribution < 1.29 is 9.53 Å². The second kappa shape index (κ2) is 4.39. The molecule has 0 saturated heterocycles. The first-order chi connectivity index (χ1) is 5.54. The summed E-state index contributed by atoms with van der Waals surface area (Å²) in [4.78, 5) is 12.6. The molecule has 0 aromatic rings. The summed E-state index contributed by atoms with van der Waals surface area (Å²) in [5.74, 6) is -0.594. The molecule has 0 N–H and O–H groups in total. The summed E-state index contributed by atoms with van der Waals surface area (Å²) in [5, 5.41) is 8.61. The van der Waals surface area contributed by atoms with Gasteiger partial charge in [-0.3, -0.25) is 0 Å². The number of allylic oxidation sites excluding steroid dienone is 1. The van der Waals surface area contributed by atoms with Gasteiger partial charge in [0.15, 0.2) is 5.57 Å². The van der Waals surface area contributed by atoms with Gasteiger partial charge in [0.1, 0.15) is 6.07 Å². The standard InChI is InChI=1S/C8H12N2O2/c1-6(10(2)3)7(5-9)8(11)12-4/h1-4H3. The van der Waals surface area contributed by atoms with Gasteiger partial charge in [-0.15, -0.1) is 0 Å². The van der Waals surface area contributed by atoms with Crippen molar-refractivity contribution in [2.24, 2.45) is 0 Å². The van der Waals surface area contributed by atoms with Gasteiger partial charge in [-0.25, -0.2) is 4.79 Å². The highest BCUT2D eigenvalue weighted by Gasteiger charge is 2.13. The molecular weight excluding hydrogens is 156 g/mol. The Hall–Kier alpha value is -1.50. The molecule has 0 bridgehead atoms. The second-order valence-corrected chi connectivity index (χ2v) is 2.46. The van der Waals surface area contributed by atoms with Gasteiger partial charge in [-0.05, 0) is 6.92 Å². The Bertz CT molecular complexity index is 248. The lowest BCUT2D eigenvalue weighted by Crippen LogP contribution is -2.15. The number of nitriles is 1. The molecule has 0 aliphatic rings. The summed E-state index contributed by atoms with van der Waals surface area (Å²) in [7, 11) is 4.77. The van der Waals surface area contributed by atoms with Crippen molar-refractivity contribution in [1.82, 2.24) is 4.90 Å². The van der Waals surface area contributed by atoms with Crippen LogP contribution in [0, 0.1) is 11.3 Å². The number of nitrogens with zero attached hydrogens (tertiary/aromatic N) is 2. The van der Waals surface area contributed by atoms with E-state index in [1.54, 1.807) is 32.0 Å². The second-order valence-electron chi connectivity index (χ2n) is 2.46. The largest absolute Gasteiger partial charge is 0.465 e. The highest BCUT2D eigenvalue weighted by atomic mass is 16.5. The van der Waals surface area contributed by atoms with E-state index in [4.69, 9.17) is 5.26 Å². The van der Waals surface area contributed by atoms with E-state index in [1.165, 1.54) is 7.11 Å². The summed E-state index contributed by atoms with van der Waals surface area (Å²) < 4.78 is 4.43. The van der Waals surface area contributed by atoms with Crippen molar-refractivity contribution in [1.29, 1.82) is 5.26 Å². The zero-order valence-corrected chi connectivity index (χ0v) is 7.71. The Balaban J connectivity index is 4.90. The Morgan fingerprint density at radius 3 is 2.25 bits per heavy atom. The highest BCUT2D eigenvalue weighted by Crippen LogP contribution is 2.06. The molecular formula is C8H12N2O2. The third-order valence-electron chi connectivity index (χ3n) is 1.53. The summed E-state index contributed by atoms with van der Waals surface area (Å²) in [6.45, 7) is 1.69. The molecule has 0 saturated carbocycles. The van der Waals surface area contributed by atoms with Gasteiger partial charge in [0.05, 0.1) is 7.11 Å². The molecule has 0 rings (SSSR count). The van der Waals surface area contributed by atoms with Gasteiger partial charge < -0.3 is 9.64 Å². The summed E-state index contributed by atoms with van der Waals surface area (Å²) in [5.41, 5.74) is 0.645. The molecule has 12 heavy (non-hydrogen) atoms. The molecule has 0 amide bonds. The minimum Gasteiger partial charge on any atom is -0.465 e. The lowest BCUT2D eigenvalue weighted by Gasteiger charge is -2.13. The molecule has 0 aromatic carbocycles. The maximum Gasteiger partial charge on any atom is 0.350 e. The van der Waals surface area contributed by atoms with Gasteiger partial charge in [-0.1, -0.05) is 0 Å². The zero-order valence-electron chi connectivity index (χ0n) is 7.71. The number of rotatable bonds is 2. The molecule has 0 atom stereocenters. The predicted octanol–water partition coefficient (Wildman–Crippen LogP) is 0.519. The summed E-state index contributed by atoms with van der Waals surface area (Å²) in [6.07, 6.45) is 0. The number of hydrogen-bond donors (Lipinski definition) is 0. The number of carbonyl (C=O) groups is 1. The monoisotopic (exact) mass is 168 g/mol. The molecule has 0 heterocycles. The number of carbonyl (C=O) groups excluding carboxylic acids is 1. The topological polar surface area (TPSA) is 53.3 Å². The van der Waals surface area contributed by atoms with E-state index in [1.807, 2.05) is 0 Å². The fourth-order valence-corrected chi connectivity index (χ4v) is 0.600. The van der Waals surface area contributed by atoms with Crippen LogP contribution in [-0.2, 0) is 9.53 Å². The number of methoxy groups -OCH3 is 1. The lowest BCUT2D eigenvalue weighted by atomic mass is 10.2. The Labute approximate surface area is 72.0 Å². The van der Waals surface area contributed by atoms with Gasteiger partial charge in [0, 0.05) is 19.8 Å². The molecule has 0 aliphatic heterocycles. The SMILES string of the molecule is COC(=O)C(C#N)=C(C)N(C)C. The summed E-state index contributed by atoms with van der Waals surface area (Å²) in [6, 6.07) is 1.80. The average molecular weight is 168 g/mol. The van der Waals surface area contributed by atoms with Crippen molar-refractivity contribution in [2.45, 2.75) is 6.92 Å². The van der Waals surface area contributed by atoms with E-state index < -0.39 is 5.97 Å². The highest BCUT2D eigenvalue weighted by molar-refractivity contribution is 5.93. The van der Waals surface area contributed by atoms with Crippen LogP contribution in [0.25, 0.3) is 0 Å². The zero-order chi connectivity index (χ0) is 9.72. The van der Waals surface area contributed by atoms with Crippen LogP contribution in [0.15, 0.2) is 11.3 Å². The van der Waals surface area contributed by atoms with E-state index in [9.17, 15) is 4.79 Å². The lowest BCUT2D eigenvalue weighted by molar-refractivity contribution is -0.135. The van der Waals surface area contributed by atoms with Gasteiger partial charge in [-0.2, -0.15) is 5.26 Å². The molecule has 0 unspecified atom stereocenters. The Morgan fingerprint density at radius 2 is 2.00 bits per heavy atom. The molecule has 0 radical (unpaired) electrons. The quantitative estimate of drug-likeness (QED) is 0.342. The van der Waals surface area contributed by atoms with Crippen molar-refractivity contribution in [3.63, 3.8) is 0 Å². The van der Waals surface area contributed by atoms with E-state index in [2.05, 4.69) is 4.74 Å². The molecule has 0 aliphatic carbocycles. The average Bonchev–Trinajstić information content (AvgIpc) is 2.05. The van der Waals surface area contributed by atoms with Crippen molar-refractivity contribution in [2.75, 3.05) is 21.2 Å². The molecule has 0 fully saturated rings. The first-order valence-electron chi connectivity index (χ1n) is 3.41. The van der Waals surface area contributed by atoms with Crippen LogP contribution in [0.5, 0.6) is 0 Å². The molecule has 0 spiro atoms. The Morgan fingerprint density at radius 1 is 1.50 bits per heavy atom. The maximum absolute atomic E-state index is 11.0. The van der Waals surface area contributed by atoms with E-state index in [0.29, 0.717) is 5.70 Å². The minimum atomic E-state index is -0.594. The van der Waals surface area contributed by atoms with Crippen molar-refractivity contribution in [3.05, 3.63) is 11.3 Å². The van der Waals surface area contributed by atoms with Gasteiger partial charge in [0.25, 0.3) is 0 Å². The van der Waals surface area contributed by atoms with Gasteiger partial charge >= 0.3 is 5.97 Å². The van der Waals surface area contributed by atoms with Crippen molar-refractivity contribution in [3.8, 4) is 6.07 Å².